The average molecular weight is 419 g/mol. The molecule has 5 nitrogen and oxygen atoms in total. The third kappa shape index (κ3) is 4.17. The van der Waals surface area contributed by atoms with Gasteiger partial charge in [-0.25, -0.2) is 0 Å². The second kappa shape index (κ2) is 8.93. The van der Waals surface area contributed by atoms with Crippen LogP contribution < -0.4 is 9.64 Å². The summed E-state index contributed by atoms with van der Waals surface area (Å²) < 4.78 is 5.58. The zero-order valence-corrected chi connectivity index (χ0v) is 18.8. The summed E-state index contributed by atoms with van der Waals surface area (Å²) >= 11 is 0. The summed E-state index contributed by atoms with van der Waals surface area (Å²) in [6.07, 6.45) is 2.60. The number of fused-ring (bicyclic) bond motifs is 1. The third-order valence-electron chi connectivity index (χ3n) is 7.19. The zero-order chi connectivity index (χ0) is 21.2. The van der Waals surface area contributed by atoms with E-state index in [0.29, 0.717) is 6.04 Å². The second-order valence-corrected chi connectivity index (χ2v) is 9.00. The fourth-order valence-electron chi connectivity index (χ4n) is 5.41. The Morgan fingerprint density at radius 3 is 2.55 bits per heavy atom. The van der Waals surface area contributed by atoms with E-state index >= 15 is 0 Å². The van der Waals surface area contributed by atoms with Gasteiger partial charge in [-0.3, -0.25) is 9.80 Å². The Bertz CT molecular complexity index is 1020. The fraction of sp³-hybridized carbons (Fsp3) is 0.462. The predicted molar refractivity (Wildman–Crippen MR) is 128 cm³/mol. The summed E-state index contributed by atoms with van der Waals surface area (Å²) in [4.78, 5) is 11.5. The van der Waals surface area contributed by atoms with E-state index < -0.39 is 0 Å². The molecular formula is C26H34N4O. The van der Waals surface area contributed by atoms with Gasteiger partial charge in [-0.15, -0.1) is 0 Å². The number of piperazine rings is 1. The van der Waals surface area contributed by atoms with Crippen molar-refractivity contribution in [1.82, 2.24) is 14.8 Å². The summed E-state index contributed by atoms with van der Waals surface area (Å²) in [6.45, 7) is 10.0. The maximum atomic E-state index is 5.58. The molecule has 1 atom stereocenters. The van der Waals surface area contributed by atoms with E-state index in [1.54, 1.807) is 7.11 Å². The van der Waals surface area contributed by atoms with Crippen molar-refractivity contribution in [1.29, 1.82) is 0 Å². The standard InChI is InChI=1S/C26H34N4O/c1-20-22-9-3-4-10-23(22)27-24(20)19-28-13-7-8-21(18-28)29-14-16-30(17-15-29)25-11-5-6-12-26(25)31-2/h3-6,9-12,21,27H,7-8,13-19H2,1-2H3/t21-/m1/s1. The SMILES string of the molecule is COc1ccccc1N1CCN([C@@H]2CCCN(Cc3[nH]c4ccccc4c3C)C2)CC1. The van der Waals surface area contributed by atoms with Crippen LogP contribution in [0.1, 0.15) is 24.1 Å². The Kier molecular flexibility index (Phi) is 5.88. The number of aromatic nitrogens is 1. The van der Waals surface area contributed by atoms with Gasteiger partial charge in [-0.05, 0) is 50.1 Å². The Morgan fingerprint density at radius 2 is 1.74 bits per heavy atom. The van der Waals surface area contributed by atoms with Crippen LogP contribution in [0.3, 0.4) is 0 Å². The molecule has 2 aliphatic rings. The van der Waals surface area contributed by atoms with Crippen molar-refractivity contribution < 1.29 is 4.74 Å². The van der Waals surface area contributed by atoms with Gasteiger partial charge < -0.3 is 14.6 Å². The molecule has 164 valence electrons. The lowest BCUT2D eigenvalue weighted by Crippen LogP contribution is -2.55. The largest absolute Gasteiger partial charge is 0.495 e. The van der Waals surface area contributed by atoms with Crippen molar-refractivity contribution in [2.45, 2.75) is 32.4 Å². The van der Waals surface area contributed by atoms with Crippen molar-refractivity contribution in [3.8, 4) is 5.75 Å². The smallest absolute Gasteiger partial charge is 0.142 e. The van der Waals surface area contributed by atoms with Crippen LogP contribution in [0.5, 0.6) is 5.75 Å². The predicted octanol–water partition coefficient (Wildman–Crippen LogP) is 4.27. The highest BCUT2D eigenvalue weighted by Crippen LogP contribution is 2.29. The van der Waals surface area contributed by atoms with Gasteiger partial charge in [-0.1, -0.05) is 30.3 Å². The number of hydrogen-bond acceptors (Lipinski definition) is 4. The lowest BCUT2D eigenvalue weighted by Gasteiger charge is -2.44. The van der Waals surface area contributed by atoms with Gasteiger partial charge in [0.05, 0.1) is 12.8 Å². The van der Waals surface area contributed by atoms with Gasteiger partial charge in [0.25, 0.3) is 0 Å². The summed E-state index contributed by atoms with van der Waals surface area (Å²) in [7, 11) is 1.76. The number of benzene rings is 2. The molecule has 2 fully saturated rings. The monoisotopic (exact) mass is 418 g/mol. The van der Waals surface area contributed by atoms with E-state index in [4.69, 9.17) is 4.74 Å². The number of aromatic amines is 1. The number of para-hydroxylation sites is 3. The van der Waals surface area contributed by atoms with Gasteiger partial charge in [0, 0.05) is 61.9 Å². The Morgan fingerprint density at radius 1 is 0.968 bits per heavy atom. The van der Waals surface area contributed by atoms with Gasteiger partial charge in [0.2, 0.25) is 0 Å². The molecule has 1 aromatic heterocycles. The van der Waals surface area contributed by atoms with Crippen molar-refractivity contribution in [3.63, 3.8) is 0 Å². The van der Waals surface area contributed by atoms with E-state index in [-0.39, 0.29) is 0 Å². The Balaban J connectivity index is 1.20. The van der Waals surface area contributed by atoms with Crippen LogP contribution in [0.15, 0.2) is 48.5 Å². The highest BCUT2D eigenvalue weighted by atomic mass is 16.5. The molecule has 1 N–H and O–H groups in total. The molecule has 3 heterocycles. The van der Waals surface area contributed by atoms with E-state index in [1.807, 2.05) is 6.07 Å². The van der Waals surface area contributed by atoms with Crippen LogP contribution in [-0.2, 0) is 6.54 Å². The number of hydrogen-bond donors (Lipinski definition) is 1. The molecular weight excluding hydrogens is 384 g/mol. The first-order valence-electron chi connectivity index (χ1n) is 11.6. The number of nitrogens with zero attached hydrogens (tertiary/aromatic N) is 3. The molecule has 0 spiro atoms. The van der Waals surface area contributed by atoms with E-state index in [9.17, 15) is 0 Å². The minimum absolute atomic E-state index is 0.665. The van der Waals surface area contributed by atoms with Crippen LogP contribution in [0.25, 0.3) is 10.9 Å². The molecule has 31 heavy (non-hydrogen) atoms. The van der Waals surface area contributed by atoms with Crippen LogP contribution >= 0.6 is 0 Å². The number of rotatable bonds is 5. The van der Waals surface area contributed by atoms with Gasteiger partial charge in [0.1, 0.15) is 5.75 Å². The lowest BCUT2D eigenvalue weighted by molar-refractivity contribution is 0.0880. The number of likely N-dealkylation sites (tertiary alicyclic amines) is 1. The molecule has 2 aromatic carbocycles. The normalized spacial score (nSPS) is 21.0. The number of H-pyrrole nitrogens is 1. The van der Waals surface area contributed by atoms with E-state index in [2.05, 4.69) is 69.1 Å². The number of aryl methyl sites for hydroxylation is 1. The summed E-state index contributed by atoms with van der Waals surface area (Å²) in [5, 5.41) is 1.36. The number of methoxy groups -OCH3 is 1. The molecule has 0 unspecified atom stereocenters. The molecule has 0 aliphatic carbocycles. The average Bonchev–Trinajstić information content (AvgIpc) is 3.14. The minimum atomic E-state index is 0.665. The van der Waals surface area contributed by atoms with Crippen molar-refractivity contribution in [2.24, 2.45) is 0 Å². The molecule has 0 bridgehead atoms. The molecule has 0 saturated carbocycles. The number of nitrogens with one attached hydrogen (secondary N) is 1. The quantitative estimate of drug-likeness (QED) is 0.671. The lowest BCUT2D eigenvalue weighted by atomic mass is 10.0. The molecule has 0 amide bonds. The highest BCUT2D eigenvalue weighted by molar-refractivity contribution is 5.84. The van der Waals surface area contributed by atoms with Crippen molar-refractivity contribution in [3.05, 3.63) is 59.8 Å². The number of piperidine rings is 1. The zero-order valence-electron chi connectivity index (χ0n) is 18.8. The third-order valence-corrected chi connectivity index (χ3v) is 7.19. The van der Waals surface area contributed by atoms with Crippen LogP contribution in [0, 0.1) is 6.92 Å². The number of anilines is 1. The number of ether oxygens (including phenoxy) is 1. The molecule has 5 heteroatoms. The molecule has 5 rings (SSSR count). The van der Waals surface area contributed by atoms with Crippen LogP contribution in [0.2, 0.25) is 0 Å². The fourth-order valence-corrected chi connectivity index (χ4v) is 5.41. The molecule has 3 aromatic rings. The maximum Gasteiger partial charge on any atom is 0.142 e. The minimum Gasteiger partial charge on any atom is -0.495 e. The van der Waals surface area contributed by atoms with Crippen molar-refractivity contribution >= 4 is 16.6 Å². The van der Waals surface area contributed by atoms with Gasteiger partial charge in [0.15, 0.2) is 0 Å². The van der Waals surface area contributed by atoms with Gasteiger partial charge in [-0.2, -0.15) is 0 Å². The van der Waals surface area contributed by atoms with E-state index in [0.717, 1.165) is 38.5 Å². The molecule has 0 radical (unpaired) electrons. The topological polar surface area (TPSA) is 34.7 Å². The van der Waals surface area contributed by atoms with Crippen LogP contribution in [-0.4, -0.2) is 67.2 Å². The summed E-state index contributed by atoms with van der Waals surface area (Å²) in [5.41, 5.74) is 5.27. The first kappa shape index (κ1) is 20.4. The summed E-state index contributed by atoms with van der Waals surface area (Å²) in [5.74, 6) is 0.980. The Labute approximate surface area is 185 Å². The first-order chi connectivity index (χ1) is 15.2. The van der Waals surface area contributed by atoms with E-state index in [1.165, 1.54) is 53.8 Å². The Hall–Kier alpha value is -2.50. The molecule has 2 aliphatic heterocycles. The highest BCUT2D eigenvalue weighted by Gasteiger charge is 2.29. The first-order valence-corrected chi connectivity index (χ1v) is 11.6. The second-order valence-electron chi connectivity index (χ2n) is 9.00. The summed E-state index contributed by atoms with van der Waals surface area (Å²) in [6, 6.07) is 17.7. The molecule has 2 saturated heterocycles. The van der Waals surface area contributed by atoms with Gasteiger partial charge >= 0.3 is 0 Å². The maximum absolute atomic E-state index is 5.58. The van der Waals surface area contributed by atoms with Crippen LogP contribution in [0.4, 0.5) is 5.69 Å². The van der Waals surface area contributed by atoms with Crippen molar-refractivity contribution in [2.75, 3.05) is 51.3 Å².